The number of hydrogen-bond acceptors (Lipinski definition) is 4. The van der Waals surface area contributed by atoms with Gasteiger partial charge in [-0.3, -0.25) is 9.59 Å². The van der Waals surface area contributed by atoms with Crippen molar-refractivity contribution < 1.29 is 19.1 Å². The third kappa shape index (κ3) is 4.76. The first-order valence-corrected chi connectivity index (χ1v) is 9.91. The minimum Gasteiger partial charge on any atom is -0.481 e. The van der Waals surface area contributed by atoms with E-state index in [0.717, 1.165) is 4.47 Å². The molecule has 1 aromatic rings. The Morgan fingerprint density at radius 1 is 1.08 bits per heavy atom. The molecule has 0 aromatic heterocycles. The van der Waals surface area contributed by atoms with Crippen LogP contribution < -0.4 is 4.74 Å². The highest BCUT2D eigenvalue weighted by atomic mass is 79.9. The molecule has 1 aromatic carbocycles. The number of morpholine rings is 1. The van der Waals surface area contributed by atoms with Crippen LogP contribution in [0.1, 0.15) is 19.8 Å². The summed E-state index contributed by atoms with van der Waals surface area (Å²) >= 11 is 3.38. The van der Waals surface area contributed by atoms with Crippen molar-refractivity contribution in [2.45, 2.75) is 25.9 Å². The van der Waals surface area contributed by atoms with E-state index in [2.05, 4.69) is 15.9 Å². The molecule has 7 heteroatoms. The number of benzene rings is 1. The molecule has 0 aliphatic carbocycles. The third-order valence-corrected chi connectivity index (χ3v) is 5.48. The summed E-state index contributed by atoms with van der Waals surface area (Å²) in [7, 11) is 0. The Hall–Kier alpha value is -1.60. The predicted molar refractivity (Wildman–Crippen MR) is 101 cm³/mol. The van der Waals surface area contributed by atoms with Crippen LogP contribution in [0.15, 0.2) is 28.7 Å². The second-order valence-corrected chi connectivity index (χ2v) is 7.67. The lowest BCUT2D eigenvalue weighted by Gasteiger charge is -2.36. The highest BCUT2D eigenvalue weighted by Crippen LogP contribution is 2.22. The second-order valence-electron chi connectivity index (χ2n) is 6.75. The Labute approximate surface area is 162 Å². The lowest BCUT2D eigenvalue weighted by molar-refractivity contribution is -0.145. The number of likely N-dealkylation sites (tertiary alicyclic amines) is 1. The van der Waals surface area contributed by atoms with Crippen LogP contribution in [-0.4, -0.2) is 67.1 Å². The Balaban J connectivity index is 1.48. The van der Waals surface area contributed by atoms with Crippen molar-refractivity contribution in [2.75, 3.05) is 39.4 Å². The first-order valence-electron chi connectivity index (χ1n) is 9.12. The molecule has 2 amide bonds. The van der Waals surface area contributed by atoms with E-state index in [4.69, 9.17) is 9.47 Å². The van der Waals surface area contributed by atoms with Crippen molar-refractivity contribution in [3.8, 4) is 5.75 Å². The summed E-state index contributed by atoms with van der Waals surface area (Å²) in [6.07, 6.45) is 0.891. The molecule has 2 aliphatic rings. The molecule has 2 fully saturated rings. The molecule has 2 heterocycles. The SMILES string of the molecule is CC(Oc1ccc(Br)cc1)C(=O)N1CCC(C(=O)N2CCOCC2)CC1. The molecule has 0 N–H and O–H groups in total. The molecular weight excluding hydrogens is 400 g/mol. The van der Waals surface area contributed by atoms with Crippen LogP contribution in [0.25, 0.3) is 0 Å². The minimum absolute atomic E-state index is 0.0137. The maximum absolute atomic E-state index is 12.6. The molecule has 0 radical (unpaired) electrons. The number of halogens is 1. The Morgan fingerprint density at radius 2 is 1.69 bits per heavy atom. The largest absolute Gasteiger partial charge is 0.481 e. The van der Waals surface area contributed by atoms with Gasteiger partial charge in [-0.05, 0) is 44.0 Å². The minimum atomic E-state index is -0.539. The zero-order valence-corrected chi connectivity index (χ0v) is 16.6. The molecule has 3 rings (SSSR count). The number of rotatable bonds is 4. The molecule has 2 aliphatic heterocycles. The normalized spacial score (nSPS) is 19.9. The topological polar surface area (TPSA) is 59.1 Å². The van der Waals surface area contributed by atoms with Gasteiger partial charge in [-0.25, -0.2) is 0 Å². The van der Waals surface area contributed by atoms with Crippen LogP contribution in [0.3, 0.4) is 0 Å². The molecule has 26 heavy (non-hydrogen) atoms. The average Bonchev–Trinajstić information content (AvgIpc) is 2.69. The third-order valence-electron chi connectivity index (χ3n) is 4.95. The van der Waals surface area contributed by atoms with E-state index in [1.807, 2.05) is 34.1 Å². The van der Waals surface area contributed by atoms with Crippen LogP contribution in [0, 0.1) is 5.92 Å². The van der Waals surface area contributed by atoms with Crippen LogP contribution in [0.4, 0.5) is 0 Å². The lowest BCUT2D eigenvalue weighted by atomic mass is 9.95. The van der Waals surface area contributed by atoms with Crippen LogP contribution in [0.2, 0.25) is 0 Å². The van der Waals surface area contributed by atoms with Crippen molar-refractivity contribution in [3.05, 3.63) is 28.7 Å². The Morgan fingerprint density at radius 3 is 2.31 bits per heavy atom. The predicted octanol–water partition coefficient (Wildman–Crippen LogP) is 2.31. The molecule has 2 saturated heterocycles. The maximum atomic E-state index is 12.6. The van der Waals surface area contributed by atoms with E-state index in [1.54, 1.807) is 6.92 Å². The number of nitrogens with zero attached hydrogens (tertiary/aromatic N) is 2. The molecule has 142 valence electrons. The lowest BCUT2D eigenvalue weighted by Crippen LogP contribution is -2.49. The fourth-order valence-electron chi connectivity index (χ4n) is 3.41. The standard InChI is InChI=1S/C19H25BrN2O4/c1-14(26-17-4-2-16(20)3-5-17)18(23)21-8-6-15(7-9-21)19(24)22-10-12-25-13-11-22/h2-5,14-15H,6-13H2,1H3. The molecular formula is C19H25BrN2O4. The zero-order chi connectivity index (χ0) is 18.5. The second kappa shape index (κ2) is 8.86. The zero-order valence-electron chi connectivity index (χ0n) is 15.0. The smallest absolute Gasteiger partial charge is 0.263 e. The van der Waals surface area contributed by atoms with Gasteiger partial charge in [-0.15, -0.1) is 0 Å². The quantitative estimate of drug-likeness (QED) is 0.743. The maximum Gasteiger partial charge on any atom is 0.263 e. The number of piperidine rings is 1. The van der Waals surface area contributed by atoms with Gasteiger partial charge in [0.05, 0.1) is 13.2 Å². The van der Waals surface area contributed by atoms with Gasteiger partial charge in [0.1, 0.15) is 5.75 Å². The van der Waals surface area contributed by atoms with Gasteiger partial charge in [0.2, 0.25) is 5.91 Å². The first-order chi connectivity index (χ1) is 12.5. The number of ether oxygens (including phenoxy) is 2. The van der Waals surface area contributed by atoms with Gasteiger partial charge in [0.15, 0.2) is 6.10 Å². The van der Waals surface area contributed by atoms with Crippen LogP contribution in [-0.2, 0) is 14.3 Å². The summed E-state index contributed by atoms with van der Waals surface area (Å²) < 4.78 is 12.0. The Kier molecular flexibility index (Phi) is 6.53. The van der Waals surface area contributed by atoms with E-state index < -0.39 is 6.10 Å². The van der Waals surface area contributed by atoms with Crippen molar-refractivity contribution in [1.29, 1.82) is 0 Å². The van der Waals surface area contributed by atoms with Gasteiger partial charge in [-0.1, -0.05) is 15.9 Å². The van der Waals surface area contributed by atoms with E-state index in [9.17, 15) is 9.59 Å². The number of hydrogen-bond donors (Lipinski definition) is 0. The Bertz CT molecular complexity index is 623. The van der Waals surface area contributed by atoms with E-state index in [0.29, 0.717) is 58.0 Å². The summed E-state index contributed by atoms with van der Waals surface area (Å²) in [6.45, 7) is 5.57. The fourth-order valence-corrected chi connectivity index (χ4v) is 3.68. The van der Waals surface area contributed by atoms with Crippen molar-refractivity contribution in [3.63, 3.8) is 0 Å². The summed E-state index contributed by atoms with van der Waals surface area (Å²) in [5.74, 6) is 0.871. The number of carbonyl (C=O) groups is 2. The van der Waals surface area contributed by atoms with Crippen molar-refractivity contribution >= 4 is 27.7 Å². The fraction of sp³-hybridized carbons (Fsp3) is 0.579. The van der Waals surface area contributed by atoms with Gasteiger partial charge in [0.25, 0.3) is 5.91 Å². The van der Waals surface area contributed by atoms with Gasteiger partial charge in [0, 0.05) is 36.6 Å². The summed E-state index contributed by atoms with van der Waals surface area (Å²) in [6, 6.07) is 7.44. The van der Waals surface area contributed by atoms with Gasteiger partial charge in [-0.2, -0.15) is 0 Å². The van der Waals surface area contributed by atoms with Crippen LogP contribution >= 0.6 is 15.9 Å². The monoisotopic (exact) mass is 424 g/mol. The number of amides is 2. The first kappa shape index (κ1) is 19.2. The van der Waals surface area contributed by atoms with E-state index >= 15 is 0 Å². The number of carbonyl (C=O) groups excluding carboxylic acids is 2. The highest BCUT2D eigenvalue weighted by molar-refractivity contribution is 9.10. The van der Waals surface area contributed by atoms with Crippen LogP contribution in [0.5, 0.6) is 5.75 Å². The van der Waals surface area contributed by atoms with E-state index in [1.165, 1.54) is 0 Å². The summed E-state index contributed by atoms with van der Waals surface area (Å²) in [5.41, 5.74) is 0. The average molecular weight is 425 g/mol. The highest BCUT2D eigenvalue weighted by Gasteiger charge is 2.32. The van der Waals surface area contributed by atoms with Crippen molar-refractivity contribution in [2.24, 2.45) is 5.92 Å². The van der Waals surface area contributed by atoms with E-state index in [-0.39, 0.29) is 17.7 Å². The molecule has 0 saturated carbocycles. The van der Waals surface area contributed by atoms with Gasteiger partial charge < -0.3 is 19.3 Å². The summed E-state index contributed by atoms with van der Waals surface area (Å²) in [5, 5.41) is 0. The van der Waals surface area contributed by atoms with Gasteiger partial charge >= 0.3 is 0 Å². The molecule has 0 spiro atoms. The molecule has 1 unspecified atom stereocenters. The summed E-state index contributed by atoms with van der Waals surface area (Å²) in [4.78, 5) is 28.9. The molecule has 6 nitrogen and oxygen atoms in total. The molecule has 1 atom stereocenters. The molecule has 0 bridgehead atoms. The van der Waals surface area contributed by atoms with Crippen molar-refractivity contribution in [1.82, 2.24) is 9.80 Å².